The zero-order valence-electron chi connectivity index (χ0n) is 7.62. The van der Waals surface area contributed by atoms with Crippen molar-refractivity contribution in [3.63, 3.8) is 0 Å². The molecule has 1 aromatic heterocycles. The normalized spacial score (nSPS) is 28.2. The quantitative estimate of drug-likeness (QED) is 0.748. The molecule has 3 nitrogen and oxygen atoms in total. The van der Waals surface area contributed by atoms with Crippen LogP contribution in [0.25, 0.3) is 0 Å². The highest BCUT2D eigenvalue weighted by Gasteiger charge is 2.32. The average molecular weight is 178 g/mol. The Morgan fingerprint density at radius 2 is 2.23 bits per heavy atom. The first-order valence-corrected chi connectivity index (χ1v) is 5.10. The summed E-state index contributed by atoms with van der Waals surface area (Å²) in [4.78, 5) is 0. The van der Waals surface area contributed by atoms with E-state index in [1.165, 1.54) is 24.8 Å². The Labute approximate surface area is 77.5 Å². The third kappa shape index (κ3) is 1.27. The van der Waals surface area contributed by atoms with Gasteiger partial charge in [-0.05, 0) is 31.7 Å². The summed E-state index contributed by atoms with van der Waals surface area (Å²) in [7, 11) is 0. The molecule has 0 aromatic carbocycles. The summed E-state index contributed by atoms with van der Waals surface area (Å²) in [6.45, 7) is 2.18. The lowest BCUT2D eigenvalue weighted by molar-refractivity contribution is 0.363. The number of nitrogens with one attached hydrogen (secondary N) is 1. The van der Waals surface area contributed by atoms with E-state index in [4.69, 9.17) is 4.52 Å². The van der Waals surface area contributed by atoms with Crippen LogP contribution in [0.4, 0.5) is 0 Å². The molecule has 2 aliphatic rings. The van der Waals surface area contributed by atoms with E-state index in [2.05, 4.69) is 10.5 Å². The minimum absolute atomic E-state index is 0.582. The van der Waals surface area contributed by atoms with Gasteiger partial charge in [0.25, 0.3) is 0 Å². The molecular formula is C10H14N2O. The number of nitrogens with zero attached hydrogens (tertiary/aromatic N) is 1. The standard InChI is InChI=1S/C10H14N2O/c1-2-7(1)9-6-12-13-10(9)8-3-4-11-5-8/h6-8,11H,1-5H2. The summed E-state index contributed by atoms with van der Waals surface area (Å²) in [5.41, 5.74) is 1.38. The van der Waals surface area contributed by atoms with Crippen LogP contribution >= 0.6 is 0 Å². The fourth-order valence-corrected chi connectivity index (χ4v) is 2.15. The van der Waals surface area contributed by atoms with E-state index in [9.17, 15) is 0 Å². The van der Waals surface area contributed by atoms with Crippen molar-refractivity contribution in [2.45, 2.75) is 31.1 Å². The van der Waals surface area contributed by atoms with Crippen LogP contribution in [0.15, 0.2) is 10.7 Å². The van der Waals surface area contributed by atoms with Crippen LogP contribution < -0.4 is 5.32 Å². The first-order chi connectivity index (χ1) is 6.45. The Balaban J connectivity index is 1.88. The number of hydrogen-bond donors (Lipinski definition) is 1. The highest BCUT2D eigenvalue weighted by Crippen LogP contribution is 2.43. The molecule has 1 saturated carbocycles. The molecule has 13 heavy (non-hydrogen) atoms. The zero-order valence-corrected chi connectivity index (χ0v) is 7.62. The van der Waals surface area contributed by atoms with Crippen molar-refractivity contribution in [2.75, 3.05) is 13.1 Å². The van der Waals surface area contributed by atoms with Crippen LogP contribution in [0.3, 0.4) is 0 Å². The smallest absolute Gasteiger partial charge is 0.144 e. The average Bonchev–Trinajstić information content (AvgIpc) is 2.72. The van der Waals surface area contributed by atoms with Crippen molar-refractivity contribution in [3.8, 4) is 0 Å². The van der Waals surface area contributed by atoms with Gasteiger partial charge in [0.15, 0.2) is 0 Å². The second kappa shape index (κ2) is 2.84. The minimum Gasteiger partial charge on any atom is -0.361 e. The molecular weight excluding hydrogens is 164 g/mol. The van der Waals surface area contributed by atoms with Gasteiger partial charge in [0.1, 0.15) is 5.76 Å². The summed E-state index contributed by atoms with van der Waals surface area (Å²) < 4.78 is 5.36. The summed E-state index contributed by atoms with van der Waals surface area (Å²) in [5, 5.41) is 7.28. The third-order valence-corrected chi connectivity index (χ3v) is 3.08. The fourth-order valence-electron chi connectivity index (χ4n) is 2.15. The van der Waals surface area contributed by atoms with Gasteiger partial charge in [0.2, 0.25) is 0 Å². The van der Waals surface area contributed by atoms with E-state index in [1.807, 2.05) is 6.20 Å². The Morgan fingerprint density at radius 3 is 2.92 bits per heavy atom. The largest absolute Gasteiger partial charge is 0.361 e. The molecule has 0 amide bonds. The first kappa shape index (κ1) is 7.56. The molecule has 1 N–H and O–H groups in total. The maximum absolute atomic E-state index is 5.36. The van der Waals surface area contributed by atoms with Crippen LogP contribution in [-0.4, -0.2) is 18.2 Å². The molecule has 70 valence electrons. The van der Waals surface area contributed by atoms with Gasteiger partial charge >= 0.3 is 0 Å². The van der Waals surface area contributed by atoms with E-state index in [1.54, 1.807) is 0 Å². The van der Waals surface area contributed by atoms with Crippen molar-refractivity contribution >= 4 is 0 Å². The Kier molecular flexibility index (Phi) is 1.65. The Bertz CT molecular complexity index is 298. The molecule has 0 spiro atoms. The first-order valence-electron chi connectivity index (χ1n) is 5.10. The highest BCUT2D eigenvalue weighted by molar-refractivity contribution is 5.27. The topological polar surface area (TPSA) is 38.1 Å². The van der Waals surface area contributed by atoms with Crippen LogP contribution in [0.2, 0.25) is 0 Å². The Morgan fingerprint density at radius 1 is 1.31 bits per heavy atom. The van der Waals surface area contributed by atoms with Crippen molar-refractivity contribution in [3.05, 3.63) is 17.5 Å². The molecule has 2 heterocycles. The predicted molar refractivity (Wildman–Crippen MR) is 48.7 cm³/mol. The van der Waals surface area contributed by atoms with Crippen LogP contribution in [0, 0.1) is 0 Å². The molecule has 3 heteroatoms. The van der Waals surface area contributed by atoms with Crippen molar-refractivity contribution < 1.29 is 4.52 Å². The third-order valence-electron chi connectivity index (χ3n) is 3.08. The van der Waals surface area contributed by atoms with E-state index >= 15 is 0 Å². The lowest BCUT2D eigenvalue weighted by Gasteiger charge is -2.04. The fraction of sp³-hybridized carbons (Fsp3) is 0.700. The van der Waals surface area contributed by atoms with E-state index in [0.29, 0.717) is 5.92 Å². The van der Waals surface area contributed by atoms with Gasteiger partial charge in [-0.3, -0.25) is 0 Å². The lowest BCUT2D eigenvalue weighted by atomic mass is 10.00. The second-order valence-electron chi connectivity index (χ2n) is 4.11. The molecule has 1 aliphatic heterocycles. The van der Waals surface area contributed by atoms with Gasteiger partial charge in [-0.1, -0.05) is 5.16 Å². The molecule has 0 bridgehead atoms. The molecule has 3 rings (SSSR count). The van der Waals surface area contributed by atoms with Gasteiger partial charge in [0, 0.05) is 18.0 Å². The Hall–Kier alpha value is -0.830. The van der Waals surface area contributed by atoms with Crippen LogP contribution in [0.1, 0.15) is 42.4 Å². The van der Waals surface area contributed by atoms with Crippen molar-refractivity contribution in [2.24, 2.45) is 0 Å². The molecule has 1 aliphatic carbocycles. The summed E-state index contributed by atoms with van der Waals surface area (Å²) in [6.07, 6.45) is 5.78. The predicted octanol–water partition coefficient (Wildman–Crippen LogP) is 1.63. The van der Waals surface area contributed by atoms with Gasteiger partial charge in [0.05, 0.1) is 6.20 Å². The number of rotatable bonds is 2. The molecule has 1 aromatic rings. The monoisotopic (exact) mass is 178 g/mol. The summed E-state index contributed by atoms with van der Waals surface area (Å²) in [6, 6.07) is 0. The molecule has 1 unspecified atom stereocenters. The second-order valence-corrected chi connectivity index (χ2v) is 4.11. The summed E-state index contributed by atoms with van der Waals surface area (Å²) in [5.74, 6) is 2.51. The lowest BCUT2D eigenvalue weighted by Crippen LogP contribution is -2.08. The van der Waals surface area contributed by atoms with Gasteiger partial charge in [-0.2, -0.15) is 0 Å². The number of aromatic nitrogens is 1. The zero-order chi connectivity index (χ0) is 8.67. The van der Waals surface area contributed by atoms with E-state index in [0.717, 1.165) is 24.8 Å². The van der Waals surface area contributed by atoms with E-state index < -0.39 is 0 Å². The van der Waals surface area contributed by atoms with Gasteiger partial charge in [-0.25, -0.2) is 0 Å². The highest BCUT2D eigenvalue weighted by atomic mass is 16.5. The molecule has 1 saturated heterocycles. The molecule has 0 radical (unpaired) electrons. The molecule has 2 fully saturated rings. The number of hydrogen-bond acceptors (Lipinski definition) is 3. The van der Waals surface area contributed by atoms with Gasteiger partial charge < -0.3 is 9.84 Å². The van der Waals surface area contributed by atoms with Crippen molar-refractivity contribution in [1.82, 2.24) is 10.5 Å². The van der Waals surface area contributed by atoms with E-state index in [-0.39, 0.29) is 0 Å². The maximum atomic E-state index is 5.36. The minimum atomic E-state index is 0.582. The SMILES string of the molecule is c1noc(C2CCNC2)c1C1CC1. The van der Waals surface area contributed by atoms with Crippen LogP contribution in [-0.2, 0) is 0 Å². The molecule has 1 atom stereocenters. The van der Waals surface area contributed by atoms with Crippen LogP contribution in [0.5, 0.6) is 0 Å². The van der Waals surface area contributed by atoms with Gasteiger partial charge in [-0.15, -0.1) is 0 Å². The maximum Gasteiger partial charge on any atom is 0.144 e. The summed E-state index contributed by atoms with van der Waals surface area (Å²) >= 11 is 0. The van der Waals surface area contributed by atoms with Crippen molar-refractivity contribution in [1.29, 1.82) is 0 Å².